The fourth-order valence-corrected chi connectivity index (χ4v) is 4.73. The third-order valence-corrected chi connectivity index (χ3v) is 6.60. The number of aliphatic hydroxyl groups is 1. The van der Waals surface area contributed by atoms with Gasteiger partial charge in [-0.1, -0.05) is 30.3 Å². The van der Waals surface area contributed by atoms with Crippen molar-refractivity contribution in [2.24, 2.45) is 7.05 Å². The van der Waals surface area contributed by atoms with E-state index in [1.807, 2.05) is 48.1 Å². The van der Waals surface area contributed by atoms with Gasteiger partial charge in [0.2, 0.25) is 0 Å². The predicted molar refractivity (Wildman–Crippen MR) is 118 cm³/mol. The Kier molecular flexibility index (Phi) is 4.11. The van der Waals surface area contributed by atoms with Crippen LogP contribution in [0.3, 0.4) is 0 Å². The van der Waals surface area contributed by atoms with Crippen molar-refractivity contribution in [2.45, 2.75) is 37.2 Å². The number of nitrogens with one attached hydrogen (secondary N) is 1. The van der Waals surface area contributed by atoms with Crippen LogP contribution in [0.15, 0.2) is 42.9 Å². The monoisotopic (exact) mass is 415 g/mol. The zero-order chi connectivity index (χ0) is 21.0. The lowest BCUT2D eigenvalue weighted by molar-refractivity contribution is 0.000755. The van der Waals surface area contributed by atoms with Gasteiger partial charge in [0.1, 0.15) is 23.6 Å². The highest BCUT2D eigenvalue weighted by Gasteiger charge is 2.39. The molecule has 6 rings (SSSR count). The number of H-pyrrole nitrogens is 1. The van der Waals surface area contributed by atoms with E-state index in [1.54, 1.807) is 6.33 Å². The maximum atomic E-state index is 11.5. The molecule has 8 heteroatoms. The standard InChI is InChI=1S/C23H25N7O/c1-29-13-17(15-5-3-2-4-6-15)26-22(29)23(31)9-11-30(12-10-23)21-18-19(16-7-8-16)27-28-20(18)24-14-25-21/h2-6,13-14,16,31H,7-12H2,1H3,(H,24,25,27,28). The molecule has 0 amide bonds. The minimum Gasteiger partial charge on any atom is -0.382 e. The summed E-state index contributed by atoms with van der Waals surface area (Å²) in [5.41, 5.74) is 2.87. The van der Waals surface area contributed by atoms with Gasteiger partial charge in [-0.25, -0.2) is 15.0 Å². The van der Waals surface area contributed by atoms with Crippen LogP contribution in [-0.4, -0.2) is 47.9 Å². The highest BCUT2D eigenvalue weighted by atomic mass is 16.3. The molecular weight excluding hydrogens is 390 g/mol. The molecule has 1 aliphatic carbocycles. The Balaban J connectivity index is 1.27. The first-order valence-electron chi connectivity index (χ1n) is 10.9. The molecule has 0 spiro atoms. The van der Waals surface area contributed by atoms with Gasteiger partial charge in [-0.3, -0.25) is 5.10 Å². The van der Waals surface area contributed by atoms with E-state index in [4.69, 9.17) is 4.98 Å². The molecule has 8 nitrogen and oxygen atoms in total. The Bertz CT molecular complexity index is 1230. The van der Waals surface area contributed by atoms with Crippen molar-refractivity contribution in [3.8, 4) is 11.3 Å². The first kappa shape index (κ1) is 18.5. The second kappa shape index (κ2) is 6.88. The summed E-state index contributed by atoms with van der Waals surface area (Å²) in [6.07, 6.45) is 7.14. The van der Waals surface area contributed by atoms with E-state index in [2.05, 4.69) is 25.1 Å². The fourth-order valence-electron chi connectivity index (χ4n) is 4.73. The molecule has 2 N–H and O–H groups in total. The Labute approximate surface area is 180 Å². The van der Waals surface area contributed by atoms with Gasteiger partial charge in [0.25, 0.3) is 0 Å². The second-order valence-corrected chi connectivity index (χ2v) is 8.75. The molecular formula is C23H25N7O. The minimum absolute atomic E-state index is 0.542. The number of imidazole rings is 1. The van der Waals surface area contributed by atoms with Crippen LogP contribution in [-0.2, 0) is 12.6 Å². The summed E-state index contributed by atoms with van der Waals surface area (Å²) >= 11 is 0. The molecule has 2 fully saturated rings. The van der Waals surface area contributed by atoms with Crippen LogP contribution in [0.2, 0.25) is 0 Å². The van der Waals surface area contributed by atoms with Crippen molar-refractivity contribution >= 4 is 16.9 Å². The van der Waals surface area contributed by atoms with Gasteiger partial charge in [-0.15, -0.1) is 0 Å². The number of benzene rings is 1. The van der Waals surface area contributed by atoms with Gasteiger partial charge >= 0.3 is 0 Å². The Morgan fingerprint density at radius 1 is 1.10 bits per heavy atom. The van der Waals surface area contributed by atoms with Gasteiger partial charge in [0.15, 0.2) is 5.65 Å². The Morgan fingerprint density at radius 2 is 1.87 bits per heavy atom. The molecule has 0 radical (unpaired) electrons. The Morgan fingerprint density at radius 3 is 2.61 bits per heavy atom. The summed E-state index contributed by atoms with van der Waals surface area (Å²) in [5.74, 6) is 2.19. The number of hydrogen-bond donors (Lipinski definition) is 2. The molecule has 1 saturated carbocycles. The Hall–Kier alpha value is -3.26. The number of rotatable bonds is 4. The van der Waals surface area contributed by atoms with Crippen LogP contribution in [0.4, 0.5) is 5.82 Å². The first-order chi connectivity index (χ1) is 15.1. The highest BCUT2D eigenvalue weighted by Crippen LogP contribution is 2.44. The van der Waals surface area contributed by atoms with Gasteiger partial charge in [0.05, 0.1) is 16.8 Å². The van der Waals surface area contributed by atoms with Crippen molar-refractivity contribution in [1.82, 2.24) is 29.7 Å². The van der Waals surface area contributed by atoms with Gasteiger partial charge in [-0.05, 0) is 12.8 Å². The number of piperidine rings is 1. The van der Waals surface area contributed by atoms with E-state index in [0.717, 1.165) is 39.6 Å². The van der Waals surface area contributed by atoms with Gasteiger partial charge < -0.3 is 14.6 Å². The normalized spacial score (nSPS) is 18.6. The molecule has 3 aromatic heterocycles. The van der Waals surface area contributed by atoms with E-state index in [1.165, 1.54) is 12.8 Å². The molecule has 4 heterocycles. The molecule has 1 aromatic carbocycles. The average Bonchev–Trinajstić information content (AvgIpc) is 3.42. The van der Waals surface area contributed by atoms with E-state index in [9.17, 15) is 5.11 Å². The zero-order valence-electron chi connectivity index (χ0n) is 17.5. The molecule has 158 valence electrons. The zero-order valence-corrected chi connectivity index (χ0v) is 17.5. The number of hydrogen-bond acceptors (Lipinski definition) is 6. The smallest absolute Gasteiger partial charge is 0.186 e. The number of nitrogens with zero attached hydrogens (tertiary/aromatic N) is 6. The average molecular weight is 416 g/mol. The van der Waals surface area contributed by atoms with E-state index in [-0.39, 0.29) is 0 Å². The SMILES string of the molecule is Cn1cc(-c2ccccc2)nc1C1(O)CCN(c2ncnc3n[nH]c(C4CC4)c23)CC1. The number of aryl methyl sites for hydroxylation is 1. The van der Waals surface area contributed by atoms with Crippen LogP contribution in [0, 0.1) is 0 Å². The van der Waals surface area contributed by atoms with Crippen LogP contribution < -0.4 is 4.90 Å². The number of aromatic nitrogens is 6. The van der Waals surface area contributed by atoms with Crippen LogP contribution in [0.1, 0.15) is 43.1 Å². The second-order valence-electron chi connectivity index (χ2n) is 8.75. The lowest BCUT2D eigenvalue weighted by atomic mass is 9.90. The molecule has 31 heavy (non-hydrogen) atoms. The lowest BCUT2D eigenvalue weighted by Crippen LogP contribution is -2.44. The number of anilines is 1. The minimum atomic E-state index is -0.958. The first-order valence-corrected chi connectivity index (χ1v) is 10.9. The molecule has 4 aromatic rings. The van der Waals surface area contributed by atoms with E-state index in [0.29, 0.717) is 31.8 Å². The topological polar surface area (TPSA) is 95.8 Å². The van der Waals surface area contributed by atoms with Crippen molar-refractivity contribution < 1.29 is 5.11 Å². The lowest BCUT2D eigenvalue weighted by Gasteiger charge is -2.38. The fraction of sp³-hybridized carbons (Fsp3) is 0.391. The number of fused-ring (bicyclic) bond motifs is 1. The molecule has 1 aliphatic heterocycles. The highest BCUT2D eigenvalue weighted by molar-refractivity contribution is 5.90. The van der Waals surface area contributed by atoms with Gasteiger partial charge in [-0.2, -0.15) is 5.10 Å². The third-order valence-electron chi connectivity index (χ3n) is 6.60. The van der Waals surface area contributed by atoms with Crippen molar-refractivity contribution in [1.29, 1.82) is 0 Å². The van der Waals surface area contributed by atoms with Crippen LogP contribution in [0.25, 0.3) is 22.3 Å². The predicted octanol–water partition coefficient (Wildman–Crippen LogP) is 3.12. The van der Waals surface area contributed by atoms with Crippen molar-refractivity contribution in [2.75, 3.05) is 18.0 Å². The van der Waals surface area contributed by atoms with Crippen LogP contribution in [0.5, 0.6) is 0 Å². The maximum absolute atomic E-state index is 11.5. The molecule has 0 bridgehead atoms. The number of aromatic amines is 1. The quantitative estimate of drug-likeness (QED) is 0.532. The molecule has 1 saturated heterocycles. The largest absolute Gasteiger partial charge is 0.382 e. The summed E-state index contributed by atoms with van der Waals surface area (Å²) in [7, 11) is 1.96. The molecule has 2 aliphatic rings. The summed E-state index contributed by atoms with van der Waals surface area (Å²) in [4.78, 5) is 16.0. The summed E-state index contributed by atoms with van der Waals surface area (Å²) in [5, 5.41) is 20.1. The van der Waals surface area contributed by atoms with Crippen molar-refractivity contribution in [3.05, 3.63) is 54.4 Å². The molecule has 0 unspecified atom stereocenters. The van der Waals surface area contributed by atoms with E-state index < -0.39 is 5.60 Å². The van der Waals surface area contributed by atoms with Crippen molar-refractivity contribution in [3.63, 3.8) is 0 Å². The summed E-state index contributed by atoms with van der Waals surface area (Å²) < 4.78 is 1.96. The molecule has 0 atom stereocenters. The summed E-state index contributed by atoms with van der Waals surface area (Å²) in [6.45, 7) is 1.40. The maximum Gasteiger partial charge on any atom is 0.186 e. The summed E-state index contributed by atoms with van der Waals surface area (Å²) in [6, 6.07) is 10.1. The van der Waals surface area contributed by atoms with Gasteiger partial charge in [0, 0.05) is 50.7 Å². The van der Waals surface area contributed by atoms with E-state index >= 15 is 0 Å². The van der Waals surface area contributed by atoms with Crippen LogP contribution >= 0.6 is 0 Å². The third kappa shape index (κ3) is 3.09.